The lowest BCUT2D eigenvalue weighted by molar-refractivity contribution is 0.190. The molecule has 1 heterocycles. The molecule has 0 saturated heterocycles. The van der Waals surface area contributed by atoms with Crippen molar-refractivity contribution in [1.29, 1.82) is 0 Å². The maximum Gasteiger partial charge on any atom is 0.159 e. The Balaban J connectivity index is 1.19. The van der Waals surface area contributed by atoms with E-state index in [1.54, 1.807) is 0 Å². The summed E-state index contributed by atoms with van der Waals surface area (Å²) in [4.78, 5) is 9.30. The predicted molar refractivity (Wildman–Crippen MR) is 174 cm³/mol. The third-order valence-electron chi connectivity index (χ3n) is 9.09. The van der Waals surface area contributed by atoms with E-state index in [1.807, 2.05) is 12.4 Å². The highest BCUT2D eigenvalue weighted by Crippen LogP contribution is 2.36. The normalized spacial score (nSPS) is 17.0. The second-order valence-corrected chi connectivity index (χ2v) is 12.3. The molecule has 0 aliphatic heterocycles. The van der Waals surface area contributed by atoms with Crippen molar-refractivity contribution < 1.29 is 4.74 Å². The number of hydrogen-bond donors (Lipinski definition) is 0. The van der Waals surface area contributed by atoms with Crippen molar-refractivity contribution in [3.8, 4) is 28.3 Å². The van der Waals surface area contributed by atoms with Crippen LogP contribution >= 0.6 is 0 Å². The van der Waals surface area contributed by atoms with Gasteiger partial charge in [0.05, 0.1) is 6.61 Å². The second kappa shape index (κ2) is 18.0. The molecule has 0 amide bonds. The second-order valence-electron chi connectivity index (χ2n) is 12.3. The molecule has 41 heavy (non-hydrogen) atoms. The summed E-state index contributed by atoms with van der Waals surface area (Å²) in [6.45, 7) is 5.40. The number of aromatic nitrogens is 2. The van der Waals surface area contributed by atoms with Crippen LogP contribution in [0.5, 0.6) is 5.75 Å². The molecule has 0 radical (unpaired) electrons. The molecule has 0 N–H and O–H groups in total. The summed E-state index contributed by atoms with van der Waals surface area (Å²) in [5.74, 6) is 3.65. The Hall–Kier alpha value is -2.68. The molecule has 1 aromatic heterocycles. The molecule has 3 aromatic rings. The number of ether oxygens (including phenoxy) is 1. The SMILES string of the molecule is CCCCCCCCc1cnc(-c2ccc(-c3ccc(OCCCC4CCCCC4CCCCC)cc3)cc2)nc1. The van der Waals surface area contributed by atoms with Gasteiger partial charge < -0.3 is 4.74 Å². The zero-order valence-electron chi connectivity index (χ0n) is 26.0. The molecule has 222 valence electrons. The molecule has 2 aromatic carbocycles. The molecule has 0 bridgehead atoms. The lowest BCUT2D eigenvalue weighted by Gasteiger charge is -2.31. The number of rotatable bonds is 18. The zero-order valence-corrected chi connectivity index (χ0v) is 26.0. The molecule has 3 nitrogen and oxygen atoms in total. The van der Waals surface area contributed by atoms with E-state index in [0.29, 0.717) is 0 Å². The molecule has 2 unspecified atom stereocenters. The first-order valence-electron chi connectivity index (χ1n) is 16.9. The van der Waals surface area contributed by atoms with Crippen LogP contribution in [0.2, 0.25) is 0 Å². The van der Waals surface area contributed by atoms with Gasteiger partial charge in [-0.05, 0) is 66.3 Å². The van der Waals surface area contributed by atoms with Gasteiger partial charge in [-0.2, -0.15) is 0 Å². The van der Waals surface area contributed by atoms with E-state index in [0.717, 1.165) is 42.0 Å². The van der Waals surface area contributed by atoms with E-state index >= 15 is 0 Å². The largest absolute Gasteiger partial charge is 0.494 e. The Labute approximate surface area is 250 Å². The quantitative estimate of drug-likeness (QED) is 0.147. The highest BCUT2D eigenvalue weighted by atomic mass is 16.5. The van der Waals surface area contributed by atoms with Crippen molar-refractivity contribution >= 4 is 0 Å². The molecule has 1 fully saturated rings. The van der Waals surface area contributed by atoms with Crippen LogP contribution in [0.1, 0.15) is 122 Å². The van der Waals surface area contributed by atoms with Gasteiger partial charge in [0.2, 0.25) is 0 Å². The summed E-state index contributed by atoms with van der Waals surface area (Å²) in [5.41, 5.74) is 4.71. The smallest absolute Gasteiger partial charge is 0.159 e. The van der Waals surface area contributed by atoms with E-state index in [-0.39, 0.29) is 0 Å². The van der Waals surface area contributed by atoms with Gasteiger partial charge in [0.1, 0.15) is 5.75 Å². The summed E-state index contributed by atoms with van der Waals surface area (Å²) in [7, 11) is 0. The van der Waals surface area contributed by atoms with Crippen LogP contribution in [0.3, 0.4) is 0 Å². The monoisotopic (exact) mass is 554 g/mol. The minimum atomic E-state index is 0.799. The van der Waals surface area contributed by atoms with E-state index in [2.05, 4.69) is 72.3 Å². The minimum Gasteiger partial charge on any atom is -0.494 e. The number of nitrogens with zero attached hydrogens (tertiary/aromatic N) is 2. The average molecular weight is 555 g/mol. The number of benzene rings is 2. The van der Waals surface area contributed by atoms with Gasteiger partial charge in [-0.15, -0.1) is 0 Å². The number of unbranched alkanes of at least 4 members (excludes halogenated alkanes) is 7. The highest BCUT2D eigenvalue weighted by Gasteiger charge is 2.24. The molecule has 1 saturated carbocycles. The summed E-state index contributed by atoms with van der Waals surface area (Å²) in [5, 5.41) is 0. The maximum atomic E-state index is 6.14. The van der Waals surface area contributed by atoms with Gasteiger partial charge in [-0.1, -0.05) is 134 Å². The fraction of sp³-hybridized carbons (Fsp3) is 0.579. The first-order chi connectivity index (χ1) is 20.3. The maximum absolute atomic E-state index is 6.14. The van der Waals surface area contributed by atoms with Gasteiger partial charge >= 0.3 is 0 Å². The van der Waals surface area contributed by atoms with Crippen LogP contribution in [0.15, 0.2) is 60.9 Å². The average Bonchev–Trinajstić information content (AvgIpc) is 3.02. The first-order valence-corrected chi connectivity index (χ1v) is 16.9. The van der Waals surface area contributed by atoms with Crippen molar-refractivity contribution in [1.82, 2.24) is 9.97 Å². The van der Waals surface area contributed by atoms with Gasteiger partial charge in [0.15, 0.2) is 5.82 Å². The molecule has 1 aliphatic rings. The Morgan fingerprint density at radius 3 is 1.80 bits per heavy atom. The van der Waals surface area contributed by atoms with Crippen LogP contribution in [-0.2, 0) is 6.42 Å². The Morgan fingerprint density at radius 2 is 1.15 bits per heavy atom. The van der Waals surface area contributed by atoms with Crippen LogP contribution in [0, 0.1) is 11.8 Å². The van der Waals surface area contributed by atoms with Gasteiger partial charge in [0.25, 0.3) is 0 Å². The fourth-order valence-electron chi connectivity index (χ4n) is 6.53. The Morgan fingerprint density at radius 1 is 0.610 bits per heavy atom. The molecule has 4 rings (SSSR count). The lowest BCUT2D eigenvalue weighted by Crippen LogP contribution is -2.20. The summed E-state index contributed by atoms with van der Waals surface area (Å²) in [6.07, 6.45) is 26.8. The Bertz CT molecular complexity index is 1090. The summed E-state index contributed by atoms with van der Waals surface area (Å²) < 4.78 is 6.14. The third kappa shape index (κ3) is 10.6. The van der Waals surface area contributed by atoms with Gasteiger partial charge in [-0.25, -0.2) is 9.97 Å². The van der Waals surface area contributed by atoms with E-state index in [1.165, 1.54) is 119 Å². The van der Waals surface area contributed by atoms with Crippen LogP contribution in [0.4, 0.5) is 0 Å². The van der Waals surface area contributed by atoms with Crippen molar-refractivity contribution in [3.63, 3.8) is 0 Å². The standard InChI is InChI=1S/C38H54N2O/c1-3-5-7-8-9-11-15-31-29-39-38(40-30-31)36-22-20-34(21-23-36)35-24-26-37(27-25-35)41-28-14-19-33-18-13-12-17-32(33)16-10-6-4-2/h20-27,29-30,32-33H,3-19,28H2,1-2H3. The zero-order chi connectivity index (χ0) is 28.5. The van der Waals surface area contributed by atoms with E-state index < -0.39 is 0 Å². The Kier molecular flexibility index (Phi) is 13.7. The van der Waals surface area contributed by atoms with Gasteiger partial charge in [0, 0.05) is 18.0 Å². The summed E-state index contributed by atoms with van der Waals surface area (Å²) >= 11 is 0. The fourth-order valence-corrected chi connectivity index (χ4v) is 6.53. The number of hydrogen-bond acceptors (Lipinski definition) is 3. The van der Waals surface area contributed by atoms with Crippen LogP contribution < -0.4 is 4.74 Å². The molecule has 2 atom stereocenters. The first kappa shape index (κ1) is 31.3. The van der Waals surface area contributed by atoms with E-state index in [4.69, 9.17) is 4.74 Å². The topological polar surface area (TPSA) is 35.0 Å². The minimum absolute atomic E-state index is 0.799. The van der Waals surface area contributed by atoms with Crippen molar-refractivity contribution in [2.24, 2.45) is 11.8 Å². The molecule has 1 aliphatic carbocycles. The van der Waals surface area contributed by atoms with Crippen molar-refractivity contribution in [2.75, 3.05) is 6.61 Å². The van der Waals surface area contributed by atoms with E-state index in [9.17, 15) is 0 Å². The molecule has 3 heteroatoms. The van der Waals surface area contributed by atoms with Crippen molar-refractivity contribution in [3.05, 3.63) is 66.5 Å². The third-order valence-corrected chi connectivity index (χ3v) is 9.09. The molecular weight excluding hydrogens is 500 g/mol. The predicted octanol–water partition coefficient (Wildman–Crippen LogP) is 11.3. The lowest BCUT2D eigenvalue weighted by atomic mass is 9.74. The number of aryl methyl sites for hydroxylation is 1. The van der Waals surface area contributed by atoms with Crippen LogP contribution in [-0.4, -0.2) is 16.6 Å². The van der Waals surface area contributed by atoms with Gasteiger partial charge in [-0.3, -0.25) is 0 Å². The molecule has 0 spiro atoms. The summed E-state index contributed by atoms with van der Waals surface area (Å²) in [6, 6.07) is 17.2. The highest BCUT2D eigenvalue weighted by molar-refractivity contribution is 5.68. The van der Waals surface area contributed by atoms with Crippen molar-refractivity contribution in [2.45, 2.75) is 123 Å². The molecular formula is C38H54N2O. The van der Waals surface area contributed by atoms with Crippen LogP contribution in [0.25, 0.3) is 22.5 Å².